The van der Waals surface area contributed by atoms with Gasteiger partial charge in [-0.1, -0.05) is 72.3 Å². The van der Waals surface area contributed by atoms with Gasteiger partial charge in [-0.25, -0.2) is 9.98 Å². The van der Waals surface area contributed by atoms with Crippen LogP contribution >= 0.6 is 11.6 Å². The summed E-state index contributed by atoms with van der Waals surface area (Å²) in [5.41, 5.74) is 2.89. The van der Waals surface area contributed by atoms with E-state index in [1.165, 1.54) is 0 Å². The molecule has 0 aliphatic heterocycles. The summed E-state index contributed by atoms with van der Waals surface area (Å²) in [6.45, 7) is 4.20. The van der Waals surface area contributed by atoms with Crippen LogP contribution in [0.1, 0.15) is 16.7 Å². The molecule has 3 rings (SSSR count). The quantitative estimate of drug-likeness (QED) is 0.439. The first-order valence-electron chi connectivity index (χ1n) is 8.21. The molecule has 0 N–H and O–H groups in total. The number of halogens is 1. The van der Waals surface area contributed by atoms with Crippen LogP contribution in [-0.4, -0.2) is 18.4 Å². The Labute approximate surface area is 158 Å². The number of hydrogen-bond donors (Lipinski definition) is 0. The van der Waals surface area contributed by atoms with Crippen LogP contribution in [0, 0.1) is 0 Å². The topological polar surface area (TPSA) is 37.1 Å². The fourth-order valence-electron chi connectivity index (χ4n) is 2.42. The van der Waals surface area contributed by atoms with Gasteiger partial charge in [0.1, 0.15) is 0 Å². The van der Waals surface area contributed by atoms with Gasteiger partial charge in [0.2, 0.25) is 0 Å². The predicted molar refractivity (Wildman–Crippen MR) is 111 cm³/mol. The Hall–Kier alpha value is -3.04. The second-order valence-corrected chi connectivity index (χ2v) is 6.03. The smallest absolute Gasteiger partial charge is 0.161 e. The Bertz CT molecular complexity index is 915. The lowest BCUT2D eigenvalue weighted by Gasteiger charge is -2.06. The van der Waals surface area contributed by atoms with Gasteiger partial charge >= 0.3 is 0 Å². The summed E-state index contributed by atoms with van der Waals surface area (Å²) >= 11 is 5.97. The molecule has 0 unspecified atom stereocenters. The molecule has 26 heavy (non-hydrogen) atoms. The molecule has 128 valence electrons. The Morgan fingerprint density at radius 1 is 0.731 bits per heavy atom. The summed E-state index contributed by atoms with van der Waals surface area (Å²) in [4.78, 5) is 13.5. The van der Waals surface area contributed by atoms with Crippen LogP contribution in [0.5, 0.6) is 0 Å². The van der Waals surface area contributed by atoms with Gasteiger partial charge in [-0.3, -0.25) is 4.99 Å². The van der Waals surface area contributed by atoms with Crippen molar-refractivity contribution in [2.75, 3.05) is 0 Å². The largest absolute Gasteiger partial charge is 0.261 e. The van der Waals surface area contributed by atoms with Crippen molar-refractivity contribution < 1.29 is 0 Å². The Morgan fingerprint density at radius 2 is 1.31 bits per heavy atom. The Balaban J connectivity index is 1.99. The van der Waals surface area contributed by atoms with Crippen molar-refractivity contribution in [2.24, 2.45) is 15.0 Å². The predicted octanol–water partition coefficient (Wildman–Crippen LogP) is 5.43. The molecule has 0 atom stereocenters. The van der Waals surface area contributed by atoms with Crippen molar-refractivity contribution in [3.63, 3.8) is 0 Å². The van der Waals surface area contributed by atoms with Crippen LogP contribution in [-0.2, 0) is 6.54 Å². The van der Waals surface area contributed by atoms with E-state index >= 15 is 0 Å². The van der Waals surface area contributed by atoms with Crippen LogP contribution in [0.15, 0.2) is 99.9 Å². The minimum absolute atomic E-state index is 0.511. The number of rotatable bonds is 4. The maximum atomic E-state index is 5.97. The number of benzene rings is 3. The highest BCUT2D eigenvalue weighted by Crippen LogP contribution is 2.13. The first-order chi connectivity index (χ1) is 12.8. The van der Waals surface area contributed by atoms with Gasteiger partial charge < -0.3 is 0 Å². The summed E-state index contributed by atoms with van der Waals surface area (Å²) in [5, 5.41) is 0.665. The van der Waals surface area contributed by atoms with Crippen molar-refractivity contribution in [1.82, 2.24) is 0 Å². The molecule has 3 nitrogen and oxygen atoms in total. The van der Waals surface area contributed by atoms with Crippen LogP contribution in [0.2, 0.25) is 5.02 Å². The normalized spacial score (nSPS) is 12.0. The van der Waals surface area contributed by atoms with E-state index in [0.29, 0.717) is 23.2 Å². The fourth-order valence-corrected chi connectivity index (χ4v) is 2.54. The third kappa shape index (κ3) is 4.74. The zero-order valence-electron chi connectivity index (χ0n) is 14.2. The van der Waals surface area contributed by atoms with Crippen molar-refractivity contribution >= 4 is 30.0 Å². The van der Waals surface area contributed by atoms with E-state index in [-0.39, 0.29) is 0 Å². The SMILES string of the molecule is C=NC(=NC(=NCc1ccccc1)c1ccccc1)c1ccc(Cl)cc1. The standard InChI is InChI=1S/C22H18ClN3/c1-24-21(19-12-14-20(23)15-13-19)26-22(18-10-6-3-7-11-18)25-16-17-8-4-2-5-9-17/h2-15H,1,16H2. The second-order valence-electron chi connectivity index (χ2n) is 5.59. The lowest BCUT2D eigenvalue weighted by Crippen LogP contribution is -2.05. The Morgan fingerprint density at radius 3 is 1.92 bits per heavy atom. The van der Waals surface area contributed by atoms with E-state index in [1.54, 1.807) is 12.1 Å². The fraction of sp³-hybridized carbons (Fsp3) is 0.0455. The zero-order valence-corrected chi connectivity index (χ0v) is 15.0. The van der Waals surface area contributed by atoms with E-state index in [9.17, 15) is 0 Å². The third-order valence-corrected chi connectivity index (χ3v) is 4.00. The summed E-state index contributed by atoms with van der Waals surface area (Å²) < 4.78 is 0. The van der Waals surface area contributed by atoms with Crippen molar-refractivity contribution in [3.05, 3.63) is 107 Å². The van der Waals surface area contributed by atoms with Crippen molar-refractivity contribution in [3.8, 4) is 0 Å². The minimum Gasteiger partial charge on any atom is -0.261 e. The summed E-state index contributed by atoms with van der Waals surface area (Å²) in [6, 6.07) is 27.3. The van der Waals surface area contributed by atoms with Crippen LogP contribution in [0.25, 0.3) is 0 Å². The van der Waals surface area contributed by atoms with Crippen LogP contribution in [0.4, 0.5) is 0 Å². The molecule has 0 aromatic heterocycles. The van der Waals surface area contributed by atoms with Gasteiger partial charge in [-0.05, 0) is 36.5 Å². The molecular weight excluding hydrogens is 342 g/mol. The van der Waals surface area contributed by atoms with Crippen molar-refractivity contribution in [2.45, 2.75) is 6.54 Å². The van der Waals surface area contributed by atoms with Gasteiger partial charge in [0.25, 0.3) is 0 Å². The molecule has 0 aliphatic rings. The van der Waals surface area contributed by atoms with E-state index in [4.69, 9.17) is 16.6 Å². The van der Waals surface area contributed by atoms with E-state index < -0.39 is 0 Å². The summed E-state index contributed by atoms with van der Waals surface area (Å²) in [6.07, 6.45) is 0. The maximum absolute atomic E-state index is 5.97. The average molecular weight is 360 g/mol. The molecule has 3 aromatic carbocycles. The molecule has 3 aromatic rings. The molecule has 0 bridgehead atoms. The average Bonchev–Trinajstić information content (AvgIpc) is 2.70. The van der Waals surface area contributed by atoms with Crippen LogP contribution in [0.3, 0.4) is 0 Å². The van der Waals surface area contributed by atoms with E-state index in [0.717, 1.165) is 16.7 Å². The molecule has 0 radical (unpaired) electrons. The molecule has 0 saturated heterocycles. The van der Waals surface area contributed by atoms with Gasteiger partial charge in [-0.2, -0.15) is 0 Å². The first kappa shape index (κ1) is 17.8. The highest BCUT2D eigenvalue weighted by molar-refractivity contribution is 6.30. The highest BCUT2D eigenvalue weighted by atomic mass is 35.5. The Kier molecular flexibility index (Phi) is 6.07. The molecule has 4 heteroatoms. The molecule has 0 heterocycles. The van der Waals surface area contributed by atoms with Gasteiger partial charge in [0, 0.05) is 16.1 Å². The first-order valence-corrected chi connectivity index (χ1v) is 8.59. The summed E-state index contributed by atoms with van der Waals surface area (Å²) in [7, 11) is 0. The number of nitrogens with zero attached hydrogens (tertiary/aromatic N) is 3. The van der Waals surface area contributed by atoms with E-state index in [2.05, 4.69) is 16.7 Å². The number of amidine groups is 2. The van der Waals surface area contributed by atoms with Gasteiger partial charge in [0.05, 0.1) is 6.54 Å². The zero-order chi connectivity index (χ0) is 18.2. The summed E-state index contributed by atoms with van der Waals surface area (Å²) in [5.74, 6) is 1.13. The van der Waals surface area contributed by atoms with Gasteiger partial charge in [0.15, 0.2) is 11.7 Å². The molecule has 0 fully saturated rings. The van der Waals surface area contributed by atoms with Crippen LogP contribution < -0.4 is 0 Å². The lowest BCUT2D eigenvalue weighted by molar-refractivity contribution is 1.06. The number of hydrogen-bond acceptors (Lipinski definition) is 1. The second kappa shape index (κ2) is 8.88. The maximum Gasteiger partial charge on any atom is 0.161 e. The lowest BCUT2D eigenvalue weighted by atomic mass is 10.2. The highest BCUT2D eigenvalue weighted by Gasteiger charge is 2.07. The molecule has 0 spiro atoms. The molecule has 0 saturated carbocycles. The molecular formula is C22H18ClN3. The minimum atomic E-state index is 0.511. The third-order valence-electron chi connectivity index (χ3n) is 3.75. The number of aliphatic imine (C=N–C) groups is 3. The molecule has 0 amide bonds. The monoisotopic (exact) mass is 359 g/mol. The molecule has 0 aliphatic carbocycles. The van der Waals surface area contributed by atoms with Gasteiger partial charge in [-0.15, -0.1) is 0 Å². The van der Waals surface area contributed by atoms with Crippen molar-refractivity contribution in [1.29, 1.82) is 0 Å². The van der Waals surface area contributed by atoms with E-state index in [1.807, 2.05) is 72.8 Å².